The van der Waals surface area contributed by atoms with E-state index in [0.717, 1.165) is 37.9 Å². The molecule has 20 heavy (non-hydrogen) atoms. The van der Waals surface area contributed by atoms with Crippen LogP contribution in [-0.2, 0) is 13.1 Å². The van der Waals surface area contributed by atoms with Crippen molar-refractivity contribution in [2.24, 2.45) is 5.92 Å². The number of nitrogens with one attached hydrogen (secondary N) is 1. The van der Waals surface area contributed by atoms with Gasteiger partial charge in [0.2, 0.25) is 0 Å². The molecule has 2 rings (SSSR count). The molecule has 1 fully saturated rings. The number of hydrogen-bond acceptors (Lipinski definition) is 4. The smallest absolute Gasteiger partial charge is 0.0964 e. The van der Waals surface area contributed by atoms with Gasteiger partial charge in [0.15, 0.2) is 0 Å². The Bertz CT molecular complexity index is 383. The maximum Gasteiger partial charge on any atom is 0.0964 e. The molecule has 5 heteroatoms. The average molecular weight is 279 g/mol. The molecule has 0 bridgehead atoms. The predicted molar refractivity (Wildman–Crippen MR) is 81.5 cm³/mol. The van der Waals surface area contributed by atoms with Gasteiger partial charge in [0.25, 0.3) is 0 Å². The zero-order chi connectivity index (χ0) is 14.4. The topological polar surface area (TPSA) is 46.0 Å². The first-order valence-electron chi connectivity index (χ1n) is 8.02. The summed E-state index contributed by atoms with van der Waals surface area (Å²) in [6, 6.07) is 0.839. The highest BCUT2D eigenvalue weighted by Crippen LogP contribution is 2.26. The van der Waals surface area contributed by atoms with Gasteiger partial charge >= 0.3 is 0 Å². The molecule has 1 heterocycles. The highest BCUT2D eigenvalue weighted by atomic mass is 15.4. The van der Waals surface area contributed by atoms with Gasteiger partial charge in [0, 0.05) is 25.3 Å². The summed E-state index contributed by atoms with van der Waals surface area (Å²) in [6.07, 6.45) is 6.06. The molecular weight excluding hydrogens is 250 g/mol. The van der Waals surface area contributed by atoms with Crippen molar-refractivity contribution < 1.29 is 0 Å². The van der Waals surface area contributed by atoms with Crippen LogP contribution in [0.15, 0.2) is 6.20 Å². The molecule has 0 atom stereocenters. The van der Waals surface area contributed by atoms with Crippen molar-refractivity contribution in [1.29, 1.82) is 0 Å². The lowest BCUT2D eigenvalue weighted by Gasteiger charge is -2.20. The van der Waals surface area contributed by atoms with Crippen molar-refractivity contribution in [3.8, 4) is 0 Å². The Balaban J connectivity index is 1.71. The summed E-state index contributed by atoms with van der Waals surface area (Å²) in [5.41, 5.74) is 1.04. The number of nitrogens with zero attached hydrogens (tertiary/aromatic N) is 4. The average Bonchev–Trinajstić information content (AvgIpc) is 3.15. The minimum Gasteiger partial charge on any atom is -0.311 e. The zero-order valence-electron chi connectivity index (χ0n) is 13.2. The highest BCUT2D eigenvalue weighted by molar-refractivity contribution is 4.92. The largest absolute Gasteiger partial charge is 0.311 e. The normalized spacial score (nSPS) is 15.4. The fourth-order valence-electron chi connectivity index (χ4n) is 2.45. The second-order valence-electron chi connectivity index (χ2n) is 6.26. The van der Waals surface area contributed by atoms with Gasteiger partial charge in [0.05, 0.1) is 12.2 Å². The minimum atomic E-state index is 0.672. The van der Waals surface area contributed by atoms with Crippen molar-refractivity contribution in [3.05, 3.63) is 11.9 Å². The summed E-state index contributed by atoms with van der Waals surface area (Å²) in [5, 5.41) is 11.9. The van der Waals surface area contributed by atoms with E-state index in [9.17, 15) is 0 Å². The summed E-state index contributed by atoms with van der Waals surface area (Å²) in [6.45, 7) is 11.8. The van der Waals surface area contributed by atoms with Crippen LogP contribution in [0.5, 0.6) is 0 Å². The van der Waals surface area contributed by atoms with Crippen LogP contribution in [0.4, 0.5) is 0 Å². The Kier molecular flexibility index (Phi) is 5.98. The second kappa shape index (κ2) is 7.74. The monoisotopic (exact) mass is 279 g/mol. The Hall–Kier alpha value is -0.940. The molecule has 0 saturated heterocycles. The van der Waals surface area contributed by atoms with Crippen LogP contribution in [-0.4, -0.2) is 45.6 Å². The summed E-state index contributed by atoms with van der Waals surface area (Å²) < 4.78 is 1.98. The van der Waals surface area contributed by atoms with E-state index in [2.05, 4.69) is 47.5 Å². The third kappa shape index (κ3) is 5.21. The van der Waals surface area contributed by atoms with Gasteiger partial charge in [-0.1, -0.05) is 26.0 Å². The molecule has 1 aromatic rings. The van der Waals surface area contributed by atoms with Crippen LogP contribution in [0.25, 0.3) is 0 Å². The third-order valence-corrected chi connectivity index (χ3v) is 3.64. The molecule has 0 aliphatic heterocycles. The quantitative estimate of drug-likeness (QED) is 0.710. The van der Waals surface area contributed by atoms with Crippen LogP contribution >= 0.6 is 0 Å². The molecular formula is C15H29N5. The summed E-state index contributed by atoms with van der Waals surface area (Å²) in [5.74, 6) is 0.672. The van der Waals surface area contributed by atoms with Gasteiger partial charge in [-0.2, -0.15) is 0 Å². The fourth-order valence-corrected chi connectivity index (χ4v) is 2.45. The fraction of sp³-hybridized carbons (Fsp3) is 0.867. The van der Waals surface area contributed by atoms with Gasteiger partial charge in [0.1, 0.15) is 0 Å². The number of hydrogen-bond donors (Lipinski definition) is 1. The molecule has 0 aromatic carbocycles. The second-order valence-corrected chi connectivity index (χ2v) is 6.26. The molecule has 0 spiro atoms. The summed E-state index contributed by atoms with van der Waals surface area (Å²) >= 11 is 0. The molecule has 1 aliphatic rings. The van der Waals surface area contributed by atoms with Crippen LogP contribution in [0.3, 0.4) is 0 Å². The molecule has 114 valence electrons. The number of rotatable bonds is 10. The number of aromatic nitrogens is 3. The molecule has 0 amide bonds. The van der Waals surface area contributed by atoms with Crippen molar-refractivity contribution in [2.45, 2.75) is 59.2 Å². The van der Waals surface area contributed by atoms with E-state index in [0.29, 0.717) is 5.92 Å². The van der Waals surface area contributed by atoms with Gasteiger partial charge in [-0.05, 0) is 38.3 Å². The Morgan fingerprint density at radius 1 is 1.40 bits per heavy atom. The molecule has 1 saturated carbocycles. The molecule has 1 aromatic heterocycles. The van der Waals surface area contributed by atoms with Crippen LogP contribution in [0, 0.1) is 5.92 Å². The van der Waals surface area contributed by atoms with E-state index in [-0.39, 0.29) is 0 Å². The van der Waals surface area contributed by atoms with E-state index in [4.69, 9.17) is 0 Å². The molecule has 0 unspecified atom stereocenters. The summed E-state index contributed by atoms with van der Waals surface area (Å²) in [7, 11) is 0. The van der Waals surface area contributed by atoms with E-state index >= 15 is 0 Å². The zero-order valence-corrected chi connectivity index (χ0v) is 13.2. The maximum atomic E-state index is 4.23. The Labute approximate surface area is 122 Å². The summed E-state index contributed by atoms with van der Waals surface area (Å²) in [4.78, 5) is 2.60. The molecule has 1 N–H and O–H groups in total. The molecule has 0 radical (unpaired) electrons. The van der Waals surface area contributed by atoms with Crippen LogP contribution in [0.2, 0.25) is 0 Å². The Morgan fingerprint density at radius 3 is 2.85 bits per heavy atom. The molecule has 5 nitrogen and oxygen atoms in total. The predicted octanol–water partition coefficient (Wildman–Crippen LogP) is 1.90. The lowest BCUT2D eigenvalue weighted by Crippen LogP contribution is -2.30. The van der Waals surface area contributed by atoms with E-state index in [1.807, 2.05) is 4.68 Å². The van der Waals surface area contributed by atoms with Crippen molar-refractivity contribution >= 4 is 0 Å². The third-order valence-electron chi connectivity index (χ3n) is 3.64. The lowest BCUT2D eigenvalue weighted by molar-refractivity contribution is 0.248. The highest BCUT2D eigenvalue weighted by Gasteiger charge is 2.27. The van der Waals surface area contributed by atoms with Crippen LogP contribution < -0.4 is 5.32 Å². The first-order valence-corrected chi connectivity index (χ1v) is 8.02. The van der Waals surface area contributed by atoms with E-state index in [1.54, 1.807) is 0 Å². The van der Waals surface area contributed by atoms with Crippen molar-refractivity contribution in [2.75, 3.05) is 19.6 Å². The van der Waals surface area contributed by atoms with Gasteiger partial charge < -0.3 is 5.32 Å². The van der Waals surface area contributed by atoms with Crippen molar-refractivity contribution in [3.63, 3.8) is 0 Å². The van der Waals surface area contributed by atoms with E-state index < -0.39 is 0 Å². The molecule has 1 aliphatic carbocycles. The SMILES string of the molecule is CCCN(CCn1cc(CNCC(C)C)nn1)C1CC1. The van der Waals surface area contributed by atoms with Gasteiger partial charge in [-0.25, -0.2) is 0 Å². The first-order chi connectivity index (χ1) is 9.69. The van der Waals surface area contributed by atoms with E-state index in [1.165, 1.54) is 25.8 Å². The van der Waals surface area contributed by atoms with Gasteiger partial charge in [-0.15, -0.1) is 5.10 Å². The van der Waals surface area contributed by atoms with Crippen molar-refractivity contribution in [1.82, 2.24) is 25.2 Å². The van der Waals surface area contributed by atoms with Gasteiger partial charge in [-0.3, -0.25) is 9.58 Å². The standard InChI is InChI=1S/C15H29N5/c1-4-7-19(15-5-6-15)8-9-20-12-14(17-18-20)11-16-10-13(2)3/h12-13,15-16H,4-11H2,1-3H3. The lowest BCUT2D eigenvalue weighted by atomic mass is 10.2. The van der Waals surface area contributed by atoms with Crippen LogP contribution in [0.1, 0.15) is 45.7 Å². The first kappa shape index (κ1) is 15.4. The minimum absolute atomic E-state index is 0.672. The Morgan fingerprint density at radius 2 is 2.20 bits per heavy atom. The maximum absolute atomic E-state index is 4.23.